The molecule has 2 atom stereocenters. The van der Waals surface area contributed by atoms with Gasteiger partial charge in [-0.05, 0) is 23.6 Å². The minimum atomic E-state index is -1.31. The third-order valence-corrected chi connectivity index (χ3v) is 4.27. The number of anilines is 1. The lowest BCUT2D eigenvalue weighted by molar-refractivity contribution is -0.125. The van der Waals surface area contributed by atoms with Gasteiger partial charge < -0.3 is 10.2 Å². The summed E-state index contributed by atoms with van der Waals surface area (Å²) in [4.78, 5) is 36.5. The maximum Gasteiger partial charge on any atom is 0.339 e. The predicted molar refractivity (Wildman–Crippen MR) is 68.3 cm³/mol. The van der Waals surface area contributed by atoms with Crippen LogP contribution in [0.15, 0.2) is 18.2 Å². The highest BCUT2D eigenvalue weighted by Gasteiger charge is 2.72. The van der Waals surface area contributed by atoms with E-state index in [0.29, 0.717) is 0 Å². The number of hydrogen-bond donors (Lipinski definition) is 2. The molecule has 2 fully saturated rings. The lowest BCUT2D eigenvalue weighted by Gasteiger charge is -2.21. The molecule has 1 heterocycles. The van der Waals surface area contributed by atoms with Crippen LogP contribution in [0.5, 0.6) is 5.75 Å². The fourth-order valence-electron chi connectivity index (χ4n) is 3.04. The minimum Gasteiger partial charge on any atom is -0.507 e. The molecule has 6 heteroatoms. The first kappa shape index (κ1) is 12.7. The standard InChI is InChI=1S/C14H13NO5/c1-14(2)9-10(14)12(18)15(11(9)17)6-3-4-8(16)7(5-6)13(19)20/h3-5,9-10,16H,1-2H3,(H,19,20). The zero-order chi connectivity index (χ0) is 14.8. The highest BCUT2D eigenvalue weighted by atomic mass is 16.4. The fourth-order valence-corrected chi connectivity index (χ4v) is 3.04. The van der Waals surface area contributed by atoms with Crippen molar-refractivity contribution in [1.29, 1.82) is 0 Å². The van der Waals surface area contributed by atoms with Gasteiger partial charge >= 0.3 is 5.97 Å². The van der Waals surface area contributed by atoms with Crippen molar-refractivity contribution < 1.29 is 24.6 Å². The number of amides is 2. The number of aromatic hydroxyl groups is 1. The molecule has 0 aromatic heterocycles. The molecule has 6 nitrogen and oxygen atoms in total. The third-order valence-electron chi connectivity index (χ3n) is 4.27. The number of rotatable bonds is 2. The molecule has 3 rings (SSSR count). The Balaban J connectivity index is 2.00. The van der Waals surface area contributed by atoms with E-state index < -0.39 is 11.7 Å². The summed E-state index contributed by atoms with van der Waals surface area (Å²) in [5, 5.41) is 18.4. The number of nitrogens with zero attached hydrogens (tertiary/aromatic N) is 1. The van der Waals surface area contributed by atoms with Gasteiger partial charge in [-0.15, -0.1) is 0 Å². The number of hydrogen-bond acceptors (Lipinski definition) is 4. The van der Waals surface area contributed by atoms with Gasteiger partial charge in [-0.25, -0.2) is 9.69 Å². The molecule has 2 aliphatic rings. The maximum atomic E-state index is 12.2. The van der Waals surface area contributed by atoms with Gasteiger partial charge in [0.1, 0.15) is 11.3 Å². The first-order chi connectivity index (χ1) is 9.26. The molecule has 2 unspecified atom stereocenters. The normalized spacial score (nSPS) is 26.6. The Labute approximate surface area is 114 Å². The SMILES string of the molecule is CC1(C)C2C(=O)N(c3ccc(O)c(C(=O)O)c3)C(=O)C21. The van der Waals surface area contributed by atoms with Crippen LogP contribution in [0.1, 0.15) is 24.2 Å². The molecular weight excluding hydrogens is 262 g/mol. The van der Waals surface area contributed by atoms with Gasteiger partial charge in [-0.1, -0.05) is 13.8 Å². The van der Waals surface area contributed by atoms with Gasteiger partial charge in [0.05, 0.1) is 17.5 Å². The molecular formula is C14H13NO5. The highest BCUT2D eigenvalue weighted by molar-refractivity contribution is 6.25. The molecule has 1 aromatic carbocycles. The van der Waals surface area contributed by atoms with E-state index in [1.54, 1.807) is 0 Å². The first-order valence-electron chi connectivity index (χ1n) is 6.21. The number of fused-ring (bicyclic) bond motifs is 1. The predicted octanol–water partition coefficient (Wildman–Crippen LogP) is 1.24. The van der Waals surface area contributed by atoms with Crippen molar-refractivity contribution >= 4 is 23.5 Å². The monoisotopic (exact) mass is 275 g/mol. The van der Waals surface area contributed by atoms with Crippen LogP contribution in [0, 0.1) is 17.3 Å². The Morgan fingerprint density at radius 2 is 1.75 bits per heavy atom. The number of piperidine rings is 1. The van der Waals surface area contributed by atoms with Crippen molar-refractivity contribution in [3.05, 3.63) is 23.8 Å². The number of aromatic carboxylic acids is 1. The van der Waals surface area contributed by atoms with E-state index in [4.69, 9.17) is 5.11 Å². The van der Waals surface area contributed by atoms with E-state index in [1.165, 1.54) is 12.1 Å². The van der Waals surface area contributed by atoms with Crippen LogP contribution in [-0.4, -0.2) is 28.0 Å². The van der Waals surface area contributed by atoms with Crippen LogP contribution in [-0.2, 0) is 9.59 Å². The smallest absolute Gasteiger partial charge is 0.339 e. The Kier molecular flexibility index (Phi) is 2.27. The van der Waals surface area contributed by atoms with E-state index >= 15 is 0 Å². The Bertz CT molecular complexity index is 640. The van der Waals surface area contributed by atoms with Crippen molar-refractivity contribution in [2.45, 2.75) is 13.8 Å². The number of carboxylic acids is 1. The lowest BCUT2D eigenvalue weighted by Crippen LogP contribution is -2.36. The molecule has 0 bridgehead atoms. The largest absolute Gasteiger partial charge is 0.507 e. The molecule has 2 amide bonds. The molecule has 20 heavy (non-hydrogen) atoms. The number of carbonyl (C=O) groups is 3. The molecule has 1 aromatic rings. The molecule has 104 valence electrons. The summed E-state index contributed by atoms with van der Waals surface area (Å²) in [6.07, 6.45) is 0. The van der Waals surface area contributed by atoms with Crippen LogP contribution in [0.4, 0.5) is 5.69 Å². The summed E-state index contributed by atoms with van der Waals surface area (Å²) >= 11 is 0. The van der Waals surface area contributed by atoms with Crippen LogP contribution < -0.4 is 4.90 Å². The van der Waals surface area contributed by atoms with Crippen LogP contribution in [0.2, 0.25) is 0 Å². The number of phenols is 1. The number of benzene rings is 1. The van der Waals surface area contributed by atoms with Crippen molar-refractivity contribution in [1.82, 2.24) is 0 Å². The van der Waals surface area contributed by atoms with Crippen molar-refractivity contribution in [2.75, 3.05) is 4.90 Å². The molecule has 1 saturated carbocycles. The molecule has 1 saturated heterocycles. The van der Waals surface area contributed by atoms with E-state index in [0.717, 1.165) is 11.0 Å². The van der Waals surface area contributed by atoms with Gasteiger partial charge in [0, 0.05) is 0 Å². The van der Waals surface area contributed by atoms with Gasteiger partial charge in [-0.3, -0.25) is 9.59 Å². The summed E-state index contributed by atoms with van der Waals surface area (Å²) in [5.74, 6) is -2.95. The topological polar surface area (TPSA) is 94.9 Å². The number of carboxylic acid groups (broad SMARTS) is 1. The summed E-state index contributed by atoms with van der Waals surface area (Å²) in [6, 6.07) is 3.69. The second kappa shape index (κ2) is 3.59. The van der Waals surface area contributed by atoms with Crippen molar-refractivity contribution in [3.63, 3.8) is 0 Å². The quantitative estimate of drug-likeness (QED) is 0.792. The van der Waals surface area contributed by atoms with Gasteiger partial charge in [0.2, 0.25) is 11.8 Å². The molecule has 2 N–H and O–H groups in total. The average molecular weight is 275 g/mol. The highest BCUT2D eigenvalue weighted by Crippen LogP contribution is 2.63. The summed E-state index contributed by atoms with van der Waals surface area (Å²) < 4.78 is 0. The molecule has 0 spiro atoms. The van der Waals surface area contributed by atoms with E-state index in [2.05, 4.69) is 0 Å². The average Bonchev–Trinajstić information content (AvgIpc) is 2.81. The van der Waals surface area contributed by atoms with Gasteiger partial charge in [-0.2, -0.15) is 0 Å². The zero-order valence-electron chi connectivity index (χ0n) is 11.0. The number of carbonyl (C=O) groups excluding carboxylic acids is 2. The summed E-state index contributed by atoms with van der Waals surface area (Å²) in [6.45, 7) is 3.74. The maximum absolute atomic E-state index is 12.2. The minimum absolute atomic E-state index is 0.193. The second-order valence-corrected chi connectivity index (χ2v) is 5.80. The first-order valence-corrected chi connectivity index (χ1v) is 6.21. The van der Waals surface area contributed by atoms with Crippen molar-refractivity contribution in [3.8, 4) is 5.75 Å². The molecule has 1 aliphatic carbocycles. The number of imide groups is 1. The lowest BCUT2D eigenvalue weighted by atomic mass is 10.0. The Hall–Kier alpha value is -2.37. The van der Waals surface area contributed by atoms with Gasteiger partial charge in [0.15, 0.2) is 0 Å². The second-order valence-electron chi connectivity index (χ2n) is 5.80. The Morgan fingerprint density at radius 3 is 2.25 bits per heavy atom. The van der Waals surface area contributed by atoms with Crippen LogP contribution in [0.3, 0.4) is 0 Å². The zero-order valence-corrected chi connectivity index (χ0v) is 11.0. The van der Waals surface area contributed by atoms with Crippen LogP contribution in [0.25, 0.3) is 0 Å². The van der Waals surface area contributed by atoms with Crippen molar-refractivity contribution in [2.24, 2.45) is 17.3 Å². The fraction of sp³-hybridized carbons (Fsp3) is 0.357. The molecule has 0 radical (unpaired) electrons. The van der Waals surface area contributed by atoms with E-state index in [9.17, 15) is 19.5 Å². The van der Waals surface area contributed by atoms with E-state index in [-0.39, 0.29) is 40.3 Å². The van der Waals surface area contributed by atoms with E-state index in [1.807, 2.05) is 13.8 Å². The third kappa shape index (κ3) is 1.41. The summed E-state index contributed by atoms with van der Waals surface area (Å²) in [7, 11) is 0. The van der Waals surface area contributed by atoms with Crippen LogP contribution >= 0.6 is 0 Å². The molecule has 1 aliphatic heterocycles. The Morgan fingerprint density at radius 1 is 1.20 bits per heavy atom. The summed E-state index contributed by atoms with van der Waals surface area (Å²) in [5.41, 5.74) is -0.446. The van der Waals surface area contributed by atoms with Gasteiger partial charge in [0.25, 0.3) is 0 Å².